The zero-order valence-corrected chi connectivity index (χ0v) is 11.0. The van der Waals surface area contributed by atoms with Crippen molar-refractivity contribution in [1.82, 2.24) is 0 Å². The van der Waals surface area contributed by atoms with Crippen LogP contribution in [0.4, 0.5) is 0 Å². The molecule has 4 heteroatoms. The lowest BCUT2D eigenvalue weighted by atomic mass is 9.99. The molecule has 0 aliphatic carbocycles. The van der Waals surface area contributed by atoms with Crippen LogP contribution in [0.3, 0.4) is 0 Å². The van der Waals surface area contributed by atoms with Gasteiger partial charge in [-0.3, -0.25) is 0 Å². The summed E-state index contributed by atoms with van der Waals surface area (Å²) in [6.07, 6.45) is 3.36. The first-order valence-electron chi connectivity index (χ1n) is 6.33. The molecule has 2 atom stereocenters. The Morgan fingerprint density at radius 1 is 1.39 bits per heavy atom. The molecule has 0 spiro atoms. The van der Waals surface area contributed by atoms with Gasteiger partial charge >= 0.3 is 0 Å². The Morgan fingerprint density at radius 3 is 2.83 bits per heavy atom. The minimum Gasteiger partial charge on any atom is -0.497 e. The maximum atomic E-state index is 6.24. The molecule has 18 heavy (non-hydrogen) atoms. The van der Waals surface area contributed by atoms with Gasteiger partial charge in [-0.2, -0.15) is 0 Å². The highest BCUT2D eigenvalue weighted by molar-refractivity contribution is 5.42. The van der Waals surface area contributed by atoms with Crippen molar-refractivity contribution in [3.05, 3.63) is 23.8 Å². The first-order valence-corrected chi connectivity index (χ1v) is 6.33. The molecule has 1 aliphatic rings. The molecule has 2 N–H and O–H groups in total. The van der Waals surface area contributed by atoms with Gasteiger partial charge in [-0.15, -0.1) is 0 Å². The van der Waals surface area contributed by atoms with Crippen LogP contribution in [-0.4, -0.2) is 26.9 Å². The average molecular weight is 251 g/mol. The third kappa shape index (κ3) is 2.94. The van der Waals surface area contributed by atoms with Crippen LogP contribution in [0.15, 0.2) is 18.2 Å². The monoisotopic (exact) mass is 251 g/mol. The van der Waals surface area contributed by atoms with Crippen molar-refractivity contribution < 1.29 is 14.2 Å². The Morgan fingerprint density at radius 2 is 2.22 bits per heavy atom. The first-order chi connectivity index (χ1) is 8.74. The fourth-order valence-electron chi connectivity index (χ4n) is 2.37. The average Bonchev–Trinajstić information content (AvgIpc) is 2.90. The van der Waals surface area contributed by atoms with Crippen LogP contribution in [-0.2, 0) is 4.74 Å². The minimum absolute atomic E-state index is 0.0612. The Balaban J connectivity index is 2.10. The number of rotatable bonds is 5. The van der Waals surface area contributed by atoms with E-state index in [4.69, 9.17) is 19.9 Å². The lowest BCUT2D eigenvalue weighted by molar-refractivity contribution is 0.0981. The Labute approximate surface area is 108 Å². The molecule has 1 saturated heterocycles. The highest BCUT2D eigenvalue weighted by Gasteiger charge is 2.21. The lowest BCUT2D eigenvalue weighted by Gasteiger charge is -2.19. The Kier molecular flexibility index (Phi) is 4.44. The predicted molar refractivity (Wildman–Crippen MR) is 70.1 cm³/mol. The summed E-state index contributed by atoms with van der Waals surface area (Å²) in [5.41, 5.74) is 7.25. The fourth-order valence-corrected chi connectivity index (χ4v) is 2.37. The molecule has 0 amide bonds. The van der Waals surface area contributed by atoms with Crippen molar-refractivity contribution in [2.45, 2.75) is 31.4 Å². The quantitative estimate of drug-likeness (QED) is 0.872. The van der Waals surface area contributed by atoms with E-state index in [9.17, 15) is 0 Å². The van der Waals surface area contributed by atoms with Gasteiger partial charge in [0.2, 0.25) is 0 Å². The van der Waals surface area contributed by atoms with Crippen LogP contribution >= 0.6 is 0 Å². The number of hydrogen-bond acceptors (Lipinski definition) is 4. The van der Waals surface area contributed by atoms with E-state index < -0.39 is 0 Å². The smallest absolute Gasteiger partial charge is 0.127 e. The lowest BCUT2D eigenvalue weighted by Crippen LogP contribution is -2.19. The Bertz CT molecular complexity index is 389. The molecule has 2 unspecified atom stereocenters. The zero-order valence-electron chi connectivity index (χ0n) is 11.0. The van der Waals surface area contributed by atoms with E-state index in [0.29, 0.717) is 0 Å². The van der Waals surface area contributed by atoms with Gasteiger partial charge in [0.15, 0.2) is 0 Å². The first kappa shape index (κ1) is 13.2. The largest absolute Gasteiger partial charge is 0.497 e. The van der Waals surface area contributed by atoms with E-state index in [0.717, 1.165) is 42.9 Å². The highest BCUT2D eigenvalue weighted by atomic mass is 16.5. The van der Waals surface area contributed by atoms with Crippen LogP contribution in [0.1, 0.15) is 30.9 Å². The molecule has 4 nitrogen and oxygen atoms in total. The molecule has 1 aromatic rings. The molecule has 0 radical (unpaired) electrons. The van der Waals surface area contributed by atoms with Gasteiger partial charge < -0.3 is 19.9 Å². The summed E-state index contributed by atoms with van der Waals surface area (Å²) in [4.78, 5) is 0. The number of benzene rings is 1. The number of methoxy groups -OCH3 is 2. The summed E-state index contributed by atoms with van der Waals surface area (Å²) in [6, 6.07) is 5.68. The molecule has 0 bridgehead atoms. The van der Waals surface area contributed by atoms with Crippen molar-refractivity contribution in [3.63, 3.8) is 0 Å². The van der Waals surface area contributed by atoms with Crippen molar-refractivity contribution in [3.8, 4) is 11.5 Å². The SMILES string of the molecule is COc1ccc(C(N)CC2CCCO2)c(OC)c1. The molecule has 1 aromatic carbocycles. The van der Waals surface area contributed by atoms with Gasteiger partial charge in [-0.1, -0.05) is 6.07 Å². The fraction of sp³-hybridized carbons (Fsp3) is 0.571. The normalized spacial score (nSPS) is 20.7. The molecule has 0 saturated carbocycles. The van der Waals surface area contributed by atoms with E-state index in [1.165, 1.54) is 0 Å². The zero-order chi connectivity index (χ0) is 13.0. The summed E-state index contributed by atoms with van der Waals surface area (Å²) in [5.74, 6) is 1.56. The third-order valence-corrected chi connectivity index (χ3v) is 3.38. The van der Waals surface area contributed by atoms with Gasteiger partial charge in [0, 0.05) is 24.3 Å². The van der Waals surface area contributed by atoms with E-state index in [1.54, 1.807) is 14.2 Å². The Hall–Kier alpha value is -1.26. The molecule has 0 aromatic heterocycles. The minimum atomic E-state index is -0.0612. The molecular weight excluding hydrogens is 230 g/mol. The van der Waals surface area contributed by atoms with Gasteiger partial charge in [-0.25, -0.2) is 0 Å². The second kappa shape index (κ2) is 6.07. The summed E-state index contributed by atoms with van der Waals surface area (Å²) in [5, 5.41) is 0. The van der Waals surface area contributed by atoms with E-state index >= 15 is 0 Å². The maximum absolute atomic E-state index is 6.24. The van der Waals surface area contributed by atoms with Crippen molar-refractivity contribution in [2.75, 3.05) is 20.8 Å². The summed E-state index contributed by atoms with van der Waals surface area (Å²) in [6.45, 7) is 0.858. The van der Waals surface area contributed by atoms with Crippen LogP contribution in [0, 0.1) is 0 Å². The summed E-state index contributed by atoms with van der Waals surface area (Å²) in [7, 11) is 3.29. The van der Waals surface area contributed by atoms with E-state index in [1.807, 2.05) is 18.2 Å². The molecule has 100 valence electrons. The summed E-state index contributed by atoms with van der Waals surface area (Å²) >= 11 is 0. The predicted octanol–water partition coefficient (Wildman–Crippen LogP) is 2.27. The van der Waals surface area contributed by atoms with Crippen LogP contribution in [0.25, 0.3) is 0 Å². The second-order valence-corrected chi connectivity index (χ2v) is 4.59. The van der Waals surface area contributed by atoms with Gasteiger partial charge in [0.25, 0.3) is 0 Å². The molecule has 1 fully saturated rings. The highest BCUT2D eigenvalue weighted by Crippen LogP contribution is 2.32. The van der Waals surface area contributed by atoms with Gasteiger partial charge in [0.05, 0.1) is 20.3 Å². The van der Waals surface area contributed by atoms with Crippen molar-refractivity contribution in [1.29, 1.82) is 0 Å². The van der Waals surface area contributed by atoms with E-state index in [2.05, 4.69) is 0 Å². The number of hydrogen-bond donors (Lipinski definition) is 1. The number of nitrogens with two attached hydrogens (primary N) is 1. The number of ether oxygens (including phenoxy) is 3. The molecule has 2 rings (SSSR count). The molecule has 1 heterocycles. The molecule has 1 aliphatic heterocycles. The van der Waals surface area contributed by atoms with Crippen molar-refractivity contribution in [2.24, 2.45) is 5.73 Å². The van der Waals surface area contributed by atoms with Gasteiger partial charge in [-0.05, 0) is 25.3 Å². The van der Waals surface area contributed by atoms with Crippen LogP contribution < -0.4 is 15.2 Å². The van der Waals surface area contributed by atoms with E-state index in [-0.39, 0.29) is 12.1 Å². The topological polar surface area (TPSA) is 53.7 Å². The third-order valence-electron chi connectivity index (χ3n) is 3.38. The molecular formula is C14H21NO3. The van der Waals surface area contributed by atoms with Crippen molar-refractivity contribution >= 4 is 0 Å². The standard InChI is InChI=1S/C14H21NO3/c1-16-10-5-6-12(14(9-10)17-2)13(15)8-11-4-3-7-18-11/h5-6,9,11,13H,3-4,7-8,15H2,1-2H3. The van der Waals surface area contributed by atoms with Crippen LogP contribution in [0.2, 0.25) is 0 Å². The second-order valence-electron chi connectivity index (χ2n) is 4.59. The summed E-state index contributed by atoms with van der Waals surface area (Å²) < 4.78 is 16.2. The van der Waals surface area contributed by atoms with Crippen LogP contribution in [0.5, 0.6) is 11.5 Å². The maximum Gasteiger partial charge on any atom is 0.127 e. The van der Waals surface area contributed by atoms with Gasteiger partial charge in [0.1, 0.15) is 11.5 Å².